The predicted octanol–water partition coefficient (Wildman–Crippen LogP) is 2.99. The fourth-order valence-electron chi connectivity index (χ4n) is 2.62. The standard InChI is InChI=1S/C21H24N6O2S/c1-15-6-4-8-17(10-15)22-13-19-24-26-21(27(19)2)30-14-20(28)25-23-12-16-7-5-9-18(11-16)29-3/h4-12,22H,13-14H2,1-3H3,(H,25,28)/b23-12-. The number of anilines is 1. The van der Waals surface area contributed by atoms with Gasteiger partial charge >= 0.3 is 0 Å². The molecule has 8 nitrogen and oxygen atoms in total. The Morgan fingerprint density at radius 1 is 1.23 bits per heavy atom. The monoisotopic (exact) mass is 424 g/mol. The second-order valence-electron chi connectivity index (χ2n) is 6.54. The van der Waals surface area contributed by atoms with Gasteiger partial charge in [0.15, 0.2) is 11.0 Å². The summed E-state index contributed by atoms with van der Waals surface area (Å²) in [5.41, 5.74) is 5.57. The van der Waals surface area contributed by atoms with Crippen LogP contribution in [0.25, 0.3) is 0 Å². The molecule has 0 unspecified atom stereocenters. The van der Waals surface area contributed by atoms with Crippen LogP contribution in [0.4, 0.5) is 5.69 Å². The number of amides is 1. The molecule has 0 radical (unpaired) electrons. The lowest BCUT2D eigenvalue weighted by Crippen LogP contribution is -2.20. The van der Waals surface area contributed by atoms with Crippen LogP contribution in [0.2, 0.25) is 0 Å². The second-order valence-corrected chi connectivity index (χ2v) is 7.48. The molecule has 1 aromatic heterocycles. The number of carbonyl (C=O) groups is 1. The first-order valence-corrected chi connectivity index (χ1v) is 10.3. The molecule has 1 heterocycles. The molecule has 0 saturated carbocycles. The van der Waals surface area contributed by atoms with E-state index in [4.69, 9.17) is 4.74 Å². The Kier molecular flexibility index (Phi) is 7.45. The highest BCUT2D eigenvalue weighted by molar-refractivity contribution is 7.99. The fourth-order valence-corrected chi connectivity index (χ4v) is 3.35. The van der Waals surface area contributed by atoms with Crippen molar-refractivity contribution in [2.45, 2.75) is 18.6 Å². The molecule has 0 fully saturated rings. The molecule has 0 spiro atoms. The maximum absolute atomic E-state index is 12.1. The van der Waals surface area contributed by atoms with Crippen molar-refractivity contribution >= 4 is 29.6 Å². The van der Waals surface area contributed by atoms with Gasteiger partial charge in [-0.25, -0.2) is 5.43 Å². The van der Waals surface area contributed by atoms with Gasteiger partial charge < -0.3 is 14.6 Å². The van der Waals surface area contributed by atoms with Crippen LogP contribution in [0.15, 0.2) is 58.8 Å². The first-order valence-electron chi connectivity index (χ1n) is 9.32. The molecule has 0 bridgehead atoms. The Bertz CT molecular complexity index is 1030. The largest absolute Gasteiger partial charge is 0.497 e. The van der Waals surface area contributed by atoms with Gasteiger partial charge in [0.1, 0.15) is 5.75 Å². The van der Waals surface area contributed by atoms with Crippen LogP contribution >= 0.6 is 11.8 Å². The molecular weight excluding hydrogens is 400 g/mol. The van der Waals surface area contributed by atoms with Crippen molar-refractivity contribution in [1.82, 2.24) is 20.2 Å². The van der Waals surface area contributed by atoms with Gasteiger partial charge in [-0.1, -0.05) is 36.0 Å². The van der Waals surface area contributed by atoms with Crippen LogP contribution in [-0.2, 0) is 18.4 Å². The van der Waals surface area contributed by atoms with E-state index in [0.29, 0.717) is 11.7 Å². The average Bonchev–Trinajstić information content (AvgIpc) is 3.10. The van der Waals surface area contributed by atoms with E-state index >= 15 is 0 Å². The van der Waals surface area contributed by atoms with Crippen molar-refractivity contribution in [3.63, 3.8) is 0 Å². The Labute approximate surface area is 179 Å². The highest BCUT2D eigenvalue weighted by Gasteiger charge is 2.11. The average molecular weight is 425 g/mol. The first-order chi connectivity index (χ1) is 14.5. The van der Waals surface area contributed by atoms with Gasteiger partial charge in [0, 0.05) is 12.7 Å². The van der Waals surface area contributed by atoms with E-state index in [1.165, 1.54) is 17.3 Å². The summed E-state index contributed by atoms with van der Waals surface area (Å²) < 4.78 is 7.03. The molecule has 3 aromatic rings. The molecular formula is C21H24N6O2S. The van der Waals surface area contributed by atoms with Gasteiger partial charge in [0.05, 0.1) is 25.6 Å². The number of hydrazone groups is 1. The van der Waals surface area contributed by atoms with Crippen LogP contribution in [0.1, 0.15) is 17.0 Å². The molecule has 0 aliphatic carbocycles. The SMILES string of the molecule is COc1cccc(/C=N\NC(=O)CSc2nnc(CNc3cccc(C)c3)n2C)c1. The van der Waals surface area contributed by atoms with Crippen molar-refractivity contribution in [1.29, 1.82) is 0 Å². The predicted molar refractivity (Wildman–Crippen MR) is 119 cm³/mol. The van der Waals surface area contributed by atoms with E-state index in [1.807, 2.05) is 61.0 Å². The van der Waals surface area contributed by atoms with Crippen LogP contribution in [-0.4, -0.2) is 39.7 Å². The zero-order valence-corrected chi connectivity index (χ0v) is 17.9. The van der Waals surface area contributed by atoms with E-state index in [9.17, 15) is 4.79 Å². The van der Waals surface area contributed by atoms with Crippen molar-refractivity contribution < 1.29 is 9.53 Å². The molecule has 0 saturated heterocycles. The molecule has 0 aliphatic rings. The third-order valence-electron chi connectivity index (χ3n) is 4.22. The third kappa shape index (κ3) is 6.08. The summed E-state index contributed by atoms with van der Waals surface area (Å²) in [4.78, 5) is 12.1. The van der Waals surface area contributed by atoms with Crippen LogP contribution in [0.3, 0.4) is 0 Å². The van der Waals surface area contributed by atoms with Crippen molar-refractivity contribution in [3.05, 3.63) is 65.5 Å². The maximum atomic E-state index is 12.1. The zero-order chi connectivity index (χ0) is 21.3. The summed E-state index contributed by atoms with van der Waals surface area (Å²) in [7, 11) is 3.49. The minimum atomic E-state index is -0.221. The lowest BCUT2D eigenvalue weighted by atomic mass is 10.2. The number of aryl methyl sites for hydroxylation is 1. The van der Waals surface area contributed by atoms with E-state index in [0.717, 1.165) is 22.8 Å². The minimum absolute atomic E-state index is 0.187. The lowest BCUT2D eigenvalue weighted by Gasteiger charge is -2.07. The van der Waals surface area contributed by atoms with Gasteiger partial charge in [-0.2, -0.15) is 5.10 Å². The van der Waals surface area contributed by atoms with E-state index < -0.39 is 0 Å². The molecule has 2 aromatic carbocycles. The number of nitrogens with zero attached hydrogens (tertiary/aromatic N) is 4. The van der Waals surface area contributed by atoms with Gasteiger partial charge in [-0.15, -0.1) is 10.2 Å². The molecule has 1 amide bonds. The number of methoxy groups -OCH3 is 1. The number of thioether (sulfide) groups is 1. The smallest absolute Gasteiger partial charge is 0.250 e. The number of aromatic nitrogens is 3. The van der Waals surface area contributed by atoms with Gasteiger partial charge in [-0.05, 0) is 42.3 Å². The Hall–Kier alpha value is -3.33. The fraction of sp³-hybridized carbons (Fsp3) is 0.238. The van der Waals surface area contributed by atoms with Crippen molar-refractivity contribution in [2.24, 2.45) is 12.1 Å². The first kappa shape index (κ1) is 21.4. The normalized spacial score (nSPS) is 10.9. The summed E-state index contributed by atoms with van der Waals surface area (Å²) in [5, 5.41) is 16.4. The van der Waals surface area contributed by atoms with Crippen LogP contribution in [0.5, 0.6) is 5.75 Å². The van der Waals surface area contributed by atoms with Crippen molar-refractivity contribution in [2.75, 3.05) is 18.2 Å². The molecule has 3 rings (SSSR count). The summed E-state index contributed by atoms with van der Waals surface area (Å²) in [6.07, 6.45) is 1.57. The third-order valence-corrected chi connectivity index (χ3v) is 5.24. The van der Waals surface area contributed by atoms with E-state index in [1.54, 1.807) is 13.3 Å². The summed E-state index contributed by atoms with van der Waals surface area (Å²) in [6, 6.07) is 15.5. The molecule has 30 heavy (non-hydrogen) atoms. The summed E-state index contributed by atoms with van der Waals surface area (Å²) in [6.45, 7) is 2.60. The van der Waals surface area contributed by atoms with Gasteiger partial charge in [0.25, 0.3) is 5.91 Å². The quantitative estimate of drug-likeness (QED) is 0.312. The maximum Gasteiger partial charge on any atom is 0.250 e. The number of ether oxygens (including phenoxy) is 1. The molecule has 156 valence electrons. The van der Waals surface area contributed by atoms with Crippen LogP contribution in [0, 0.1) is 6.92 Å². The number of rotatable bonds is 9. The zero-order valence-electron chi connectivity index (χ0n) is 17.1. The minimum Gasteiger partial charge on any atom is -0.497 e. The number of carbonyl (C=O) groups excluding carboxylic acids is 1. The molecule has 0 aliphatic heterocycles. The van der Waals surface area contributed by atoms with E-state index in [-0.39, 0.29) is 11.7 Å². The molecule has 9 heteroatoms. The second kappa shape index (κ2) is 10.4. The highest BCUT2D eigenvalue weighted by Crippen LogP contribution is 2.17. The van der Waals surface area contributed by atoms with E-state index in [2.05, 4.69) is 32.1 Å². The van der Waals surface area contributed by atoms with Gasteiger partial charge in [-0.3, -0.25) is 4.79 Å². The number of nitrogens with one attached hydrogen (secondary N) is 2. The summed E-state index contributed by atoms with van der Waals surface area (Å²) in [5.74, 6) is 1.49. The number of benzene rings is 2. The highest BCUT2D eigenvalue weighted by atomic mass is 32.2. The lowest BCUT2D eigenvalue weighted by molar-refractivity contribution is -0.118. The number of hydrogen-bond acceptors (Lipinski definition) is 7. The summed E-state index contributed by atoms with van der Waals surface area (Å²) >= 11 is 1.31. The Balaban J connectivity index is 1.47. The van der Waals surface area contributed by atoms with Crippen molar-refractivity contribution in [3.8, 4) is 5.75 Å². The molecule has 2 N–H and O–H groups in total. The number of hydrogen-bond donors (Lipinski definition) is 2. The van der Waals surface area contributed by atoms with Crippen LogP contribution < -0.4 is 15.5 Å². The Morgan fingerprint density at radius 2 is 2.07 bits per heavy atom. The Morgan fingerprint density at radius 3 is 2.87 bits per heavy atom. The molecule has 0 atom stereocenters. The van der Waals surface area contributed by atoms with Gasteiger partial charge in [0.2, 0.25) is 0 Å². The topological polar surface area (TPSA) is 93.4 Å².